The smallest absolute Gasteiger partial charge is 0.354 e. The van der Waals surface area contributed by atoms with Crippen molar-refractivity contribution in [2.24, 2.45) is 0 Å². The first-order valence-corrected chi connectivity index (χ1v) is 6.77. The van der Waals surface area contributed by atoms with E-state index in [1.165, 1.54) is 6.33 Å². The lowest BCUT2D eigenvalue weighted by atomic mass is 10.0. The second-order valence-corrected chi connectivity index (χ2v) is 5.02. The summed E-state index contributed by atoms with van der Waals surface area (Å²) in [5.41, 5.74) is 3.74. The molecule has 0 spiro atoms. The molecule has 106 valence electrons. The SMILES string of the molecule is O=C(O)c1cc2cc(-c3cccc4cccnc34)cn2cn1. The van der Waals surface area contributed by atoms with Crippen LogP contribution >= 0.6 is 0 Å². The summed E-state index contributed by atoms with van der Waals surface area (Å²) in [5, 5.41) is 10.1. The molecular formula is C17H11N3O2. The summed E-state index contributed by atoms with van der Waals surface area (Å²) in [5.74, 6) is -1.03. The van der Waals surface area contributed by atoms with Gasteiger partial charge in [0.05, 0.1) is 5.52 Å². The second kappa shape index (κ2) is 4.66. The number of hydrogen-bond donors (Lipinski definition) is 1. The minimum absolute atomic E-state index is 0.0354. The molecule has 5 nitrogen and oxygen atoms in total. The van der Waals surface area contributed by atoms with Crippen LogP contribution in [0.3, 0.4) is 0 Å². The molecule has 4 rings (SSSR count). The third-order valence-corrected chi connectivity index (χ3v) is 3.65. The summed E-state index contributed by atoms with van der Waals surface area (Å²) in [4.78, 5) is 19.4. The van der Waals surface area contributed by atoms with E-state index in [0.29, 0.717) is 0 Å². The number of carboxylic acids is 1. The maximum Gasteiger partial charge on any atom is 0.354 e. The molecule has 1 N–H and O–H groups in total. The van der Waals surface area contributed by atoms with Crippen molar-refractivity contribution in [2.75, 3.05) is 0 Å². The van der Waals surface area contributed by atoms with Crippen LogP contribution in [0.15, 0.2) is 61.2 Å². The van der Waals surface area contributed by atoms with E-state index in [1.807, 2.05) is 47.0 Å². The molecule has 0 aliphatic carbocycles. The molecule has 4 aromatic rings. The molecule has 3 aromatic heterocycles. The Morgan fingerprint density at radius 2 is 1.95 bits per heavy atom. The molecule has 3 heterocycles. The van der Waals surface area contributed by atoms with Gasteiger partial charge in [0.1, 0.15) is 6.33 Å². The lowest BCUT2D eigenvalue weighted by molar-refractivity contribution is 0.0690. The van der Waals surface area contributed by atoms with Gasteiger partial charge in [-0.2, -0.15) is 0 Å². The number of fused-ring (bicyclic) bond motifs is 2. The normalized spacial score (nSPS) is 11.1. The molecule has 0 atom stereocenters. The summed E-state index contributed by atoms with van der Waals surface area (Å²) in [6.07, 6.45) is 5.21. The quantitative estimate of drug-likeness (QED) is 0.615. The van der Waals surface area contributed by atoms with E-state index in [1.54, 1.807) is 12.3 Å². The van der Waals surface area contributed by atoms with E-state index >= 15 is 0 Å². The number of rotatable bonds is 2. The highest BCUT2D eigenvalue weighted by Gasteiger charge is 2.10. The van der Waals surface area contributed by atoms with E-state index in [4.69, 9.17) is 5.11 Å². The highest BCUT2D eigenvalue weighted by atomic mass is 16.4. The number of nitrogens with zero attached hydrogens (tertiary/aromatic N) is 3. The van der Waals surface area contributed by atoms with Crippen LogP contribution in [0.25, 0.3) is 27.5 Å². The van der Waals surface area contributed by atoms with Crippen molar-refractivity contribution >= 4 is 22.4 Å². The van der Waals surface area contributed by atoms with Crippen LogP contribution in [0.4, 0.5) is 0 Å². The molecule has 22 heavy (non-hydrogen) atoms. The Kier molecular flexibility index (Phi) is 2.66. The molecule has 0 saturated carbocycles. The molecule has 0 fully saturated rings. The fourth-order valence-electron chi connectivity index (χ4n) is 2.61. The lowest BCUT2D eigenvalue weighted by Crippen LogP contribution is -2.00. The van der Waals surface area contributed by atoms with Gasteiger partial charge in [-0.25, -0.2) is 9.78 Å². The van der Waals surface area contributed by atoms with Crippen LogP contribution in [0.5, 0.6) is 0 Å². The summed E-state index contributed by atoms with van der Waals surface area (Å²) < 4.78 is 1.81. The van der Waals surface area contributed by atoms with Crippen LogP contribution in [-0.4, -0.2) is 25.4 Å². The molecule has 0 unspecified atom stereocenters. The molecule has 1 aromatic carbocycles. The first-order chi connectivity index (χ1) is 10.7. The summed E-state index contributed by atoms with van der Waals surface area (Å²) >= 11 is 0. The molecule has 0 aliphatic heterocycles. The number of aromatic nitrogens is 3. The fourth-order valence-corrected chi connectivity index (χ4v) is 2.61. The van der Waals surface area contributed by atoms with Crippen LogP contribution < -0.4 is 0 Å². The van der Waals surface area contributed by atoms with Crippen molar-refractivity contribution in [3.63, 3.8) is 0 Å². The number of hydrogen-bond acceptors (Lipinski definition) is 3. The molecule has 0 saturated heterocycles. The van der Waals surface area contributed by atoms with Gasteiger partial charge in [-0.15, -0.1) is 0 Å². The number of carboxylic acid groups (broad SMARTS) is 1. The largest absolute Gasteiger partial charge is 0.477 e. The van der Waals surface area contributed by atoms with E-state index in [-0.39, 0.29) is 5.69 Å². The van der Waals surface area contributed by atoms with Crippen LogP contribution in [-0.2, 0) is 0 Å². The third-order valence-electron chi connectivity index (χ3n) is 3.65. The Morgan fingerprint density at radius 1 is 1.09 bits per heavy atom. The molecule has 0 amide bonds. The average Bonchev–Trinajstić information content (AvgIpc) is 2.97. The highest BCUT2D eigenvalue weighted by Crippen LogP contribution is 2.28. The van der Waals surface area contributed by atoms with Crippen molar-refractivity contribution in [2.45, 2.75) is 0 Å². The third kappa shape index (κ3) is 1.91. The topological polar surface area (TPSA) is 67.5 Å². The van der Waals surface area contributed by atoms with Gasteiger partial charge < -0.3 is 9.51 Å². The maximum atomic E-state index is 11.0. The standard InChI is InChI=1S/C17H11N3O2/c21-17(22)15-8-13-7-12(9-20(13)10-19-15)14-5-1-3-11-4-2-6-18-16(11)14/h1-10H,(H,21,22). The van der Waals surface area contributed by atoms with Crippen LogP contribution in [0.1, 0.15) is 10.5 Å². The number of para-hydroxylation sites is 1. The minimum Gasteiger partial charge on any atom is -0.477 e. The predicted octanol–water partition coefficient (Wildman–Crippen LogP) is 3.25. The summed E-state index contributed by atoms with van der Waals surface area (Å²) in [6, 6.07) is 13.4. The zero-order valence-corrected chi connectivity index (χ0v) is 11.5. The average molecular weight is 289 g/mol. The molecular weight excluding hydrogens is 278 g/mol. The lowest BCUT2D eigenvalue weighted by Gasteiger charge is -2.02. The first kappa shape index (κ1) is 12.5. The minimum atomic E-state index is -1.03. The number of aromatic carboxylic acids is 1. The van der Waals surface area contributed by atoms with Crippen molar-refractivity contribution in [3.05, 3.63) is 66.9 Å². The van der Waals surface area contributed by atoms with Gasteiger partial charge in [-0.05, 0) is 18.2 Å². The van der Waals surface area contributed by atoms with Crippen molar-refractivity contribution in [1.29, 1.82) is 0 Å². The molecule has 0 bridgehead atoms. The monoisotopic (exact) mass is 289 g/mol. The zero-order valence-electron chi connectivity index (χ0n) is 11.5. The van der Waals surface area contributed by atoms with Crippen molar-refractivity contribution in [1.82, 2.24) is 14.4 Å². The Balaban J connectivity index is 1.95. The highest BCUT2D eigenvalue weighted by molar-refractivity contribution is 5.94. The Morgan fingerprint density at radius 3 is 2.82 bits per heavy atom. The summed E-state index contributed by atoms with van der Waals surface area (Å²) in [7, 11) is 0. The van der Waals surface area contributed by atoms with E-state index in [0.717, 1.165) is 27.5 Å². The Hall–Kier alpha value is -3.21. The van der Waals surface area contributed by atoms with Gasteiger partial charge in [0.15, 0.2) is 5.69 Å². The molecule has 5 heteroatoms. The molecule has 0 aliphatic rings. The van der Waals surface area contributed by atoms with E-state index in [9.17, 15) is 4.79 Å². The molecule has 0 radical (unpaired) electrons. The fraction of sp³-hybridized carbons (Fsp3) is 0. The predicted molar refractivity (Wildman–Crippen MR) is 82.9 cm³/mol. The number of pyridine rings is 1. The summed E-state index contributed by atoms with van der Waals surface area (Å²) in [6.45, 7) is 0. The zero-order chi connectivity index (χ0) is 15.1. The van der Waals surface area contributed by atoms with Gasteiger partial charge in [-0.3, -0.25) is 4.98 Å². The second-order valence-electron chi connectivity index (χ2n) is 5.02. The van der Waals surface area contributed by atoms with E-state index in [2.05, 4.69) is 9.97 Å². The number of carbonyl (C=O) groups is 1. The van der Waals surface area contributed by atoms with Crippen LogP contribution in [0, 0.1) is 0 Å². The maximum absolute atomic E-state index is 11.0. The number of benzene rings is 1. The van der Waals surface area contributed by atoms with Gasteiger partial charge >= 0.3 is 5.97 Å². The van der Waals surface area contributed by atoms with Gasteiger partial charge in [-0.1, -0.05) is 24.3 Å². The van der Waals surface area contributed by atoms with Gasteiger partial charge in [0.25, 0.3) is 0 Å². The van der Waals surface area contributed by atoms with Gasteiger partial charge in [0, 0.05) is 34.4 Å². The Labute approximate surface area is 125 Å². The van der Waals surface area contributed by atoms with E-state index < -0.39 is 5.97 Å². The first-order valence-electron chi connectivity index (χ1n) is 6.77. The van der Waals surface area contributed by atoms with Crippen molar-refractivity contribution in [3.8, 4) is 11.1 Å². The van der Waals surface area contributed by atoms with Crippen LogP contribution in [0.2, 0.25) is 0 Å². The van der Waals surface area contributed by atoms with Gasteiger partial charge in [0.2, 0.25) is 0 Å². The van der Waals surface area contributed by atoms with Crippen molar-refractivity contribution < 1.29 is 9.90 Å². The Bertz CT molecular complexity index is 1020.